The maximum atomic E-state index is 12.2. The Labute approximate surface area is 134 Å². The molecule has 1 heterocycles. The van der Waals surface area contributed by atoms with E-state index >= 15 is 0 Å². The Bertz CT molecular complexity index is 720. The number of amides is 2. The zero-order valence-corrected chi connectivity index (χ0v) is 13.3. The van der Waals surface area contributed by atoms with Crippen molar-refractivity contribution in [1.29, 1.82) is 0 Å². The first-order chi connectivity index (χ1) is 10.9. The minimum atomic E-state index is -3.61. The number of nitrogens with zero attached hydrogens (tertiary/aromatic N) is 1. The van der Waals surface area contributed by atoms with Crippen LogP contribution in [0, 0.1) is 5.41 Å². The Kier molecular flexibility index (Phi) is 3.99. The van der Waals surface area contributed by atoms with Gasteiger partial charge in [-0.25, -0.2) is 13.1 Å². The fraction of sp³-hybridized carbons (Fsp3) is 0.467. The van der Waals surface area contributed by atoms with Crippen molar-refractivity contribution in [1.82, 2.24) is 9.62 Å². The summed E-state index contributed by atoms with van der Waals surface area (Å²) in [4.78, 5) is 25.3. The summed E-state index contributed by atoms with van der Waals surface area (Å²) < 4.78 is 26.5. The van der Waals surface area contributed by atoms with Gasteiger partial charge in [-0.1, -0.05) is 12.1 Å². The van der Waals surface area contributed by atoms with E-state index in [2.05, 4.69) is 4.72 Å². The molecule has 0 aromatic heterocycles. The SMILES string of the molecule is O=C1c2ccccc2C(=O)N1CCS(=O)(=O)NCC1(CO)CC1. The summed E-state index contributed by atoms with van der Waals surface area (Å²) in [5, 5.41) is 9.19. The van der Waals surface area contributed by atoms with Gasteiger partial charge in [-0.05, 0) is 25.0 Å². The van der Waals surface area contributed by atoms with Gasteiger partial charge in [-0.2, -0.15) is 0 Å². The number of benzene rings is 1. The quantitative estimate of drug-likeness (QED) is 0.680. The van der Waals surface area contributed by atoms with E-state index in [-0.39, 0.29) is 30.9 Å². The van der Waals surface area contributed by atoms with Gasteiger partial charge in [0.25, 0.3) is 11.8 Å². The minimum absolute atomic E-state index is 0.0477. The average molecular weight is 338 g/mol. The van der Waals surface area contributed by atoms with Crippen molar-refractivity contribution >= 4 is 21.8 Å². The van der Waals surface area contributed by atoms with Crippen LogP contribution < -0.4 is 4.72 Å². The number of aliphatic hydroxyl groups excluding tert-OH is 1. The van der Waals surface area contributed by atoms with Crippen LogP contribution in [0.4, 0.5) is 0 Å². The second kappa shape index (κ2) is 5.70. The molecule has 3 rings (SSSR count). The first kappa shape index (κ1) is 16.1. The third-order valence-electron chi connectivity index (χ3n) is 4.42. The lowest BCUT2D eigenvalue weighted by Gasteiger charge is -2.16. The monoisotopic (exact) mass is 338 g/mol. The van der Waals surface area contributed by atoms with E-state index in [4.69, 9.17) is 0 Å². The summed E-state index contributed by atoms with van der Waals surface area (Å²) in [5.41, 5.74) is 0.280. The highest BCUT2D eigenvalue weighted by molar-refractivity contribution is 7.89. The molecule has 0 saturated heterocycles. The van der Waals surface area contributed by atoms with E-state index in [0.717, 1.165) is 17.7 Å². The van der Waals surface area contributed by atoms with Crippen LogP contribution in [0.5, 0.6) is 0 Å². The Morgan fingerprint density at radius 1 is 1.13 bits per heavy atom. The molecule has 0 spiro atoms. The number of carbonyl (C=O) groups excluding carboxylic acids is 2. The van der Waals surface area contributed by atoms with Gasteiger partial charge in [0.15, 0.2) is 0 Å². The number of sulfonamides is 1. The van der Waals surface area contributed by atoms with Gasteiger partial charge in [-0.3, -0.25) is 14.5 Å². The van der Waals surface area contributed by atoms with E-state index in [0.29, 0.717) is 11.1 Å². The lowest BCUT2D eigenvalue weighted by Crippen LogP contribution is -2.39. The second-order valence-corrected chi connectivity index (χ2v) is 8.03. The van der Waals surface area contributed by atoms with E-state index in [1.807, 2.05) is 0 Å². The lowest BCUT2D eigenvalue weighted by molar-refractivity contribution is 0.0664. The maximum Gasteiger partial charge on any atom is 0.261 e. The number of hydrogen-bond donors (Lipinski definition) is 2. The molecule has 2 aliphatic rings. The van der Waals surface area contributed by atoms with Crippen LogP contribution in [-0.2, 0) is 10.0 Å². The van der Waals surface area contributed by atoms with Gasteiger partial charge < -0.3 is 5.11 Å². The number of aliphatic hydroxyl groups is 1. The van der Waals surface area contributed by atoms with Gasteiger partial charge in [0.2, 0.25) is 10.0 Å². The molecule has 1 fully saturated rings. The van der Waals surface area contributed by atoms with E-state index in [9.17, 15) is 23.1 Å². The molecule has 1 aliphatic heterocycles. The van der Waals surface area contributed by atoms with Gasteiger partial charge >= 0.3 is 0 Å². The molecule has 1 saturated carbocycles. The number of fused-ring (bicyclic) bond motifs is 1. The summed E-state index contributed by atoms with van der Waals surface area (Å²) in [6.07, 6.45) is 1.59. The summed E-state index contributed by atoms with van der Waals surface area (Å²) in [7, 11) is -3.61. The van der Waals surface area contributed by atoms with Gasteiger partial charge in [0.1, 0.15) is 0 Å². The fourth-order valence-electron chi connectivity index (χ4n) is 2.56. The first-order valence-electron chi connectivity index (χ1n) is 7.41. The number of rotatable bonds is 7. The number of hydrogen-bond acceptors (Lipinski definition) is 5. The third kappa shape index (κ3) is 3.15. The predicted octanol–water partition coefficient (Wildman–Crippen LogP) is -0.0255. The third-order valence-corrected chi connectivity index (χ3v) is 5.73. The van der Waals surface area contributed by atoms with Crippen molar-refractivity contribution in [3.05, 3.63) is 35.4 Å². The molecule has 0 atom stereocenters. The highest BCUT2D eigenvalue weighted by Gasteiger charge is 2.42. The zero-order valence-electron chi connectivity index (χ0n) is 12.5. The van der Waals surface area contributed by atoms with Crippen molar-refractivity contribution in [2.75, 3.05) is 25.4 Å². The van der Waals surface area contributed by atoms with Crippen molar-refractivity contribution in [3.8, 4) is 0 Å². The molecule has 0 bridgehead atoms. The largest absolute Gasteiger partial charge is 0.396 e. The molecule has 0 unspecified atom stereocenters. The summed E-state index contributed by atoms with van der Waals surface area (Å²) in [6.45, 7) is -0.0459. The van der Waals surface area contributed by atoms with Crippen molar-refractivity contribution < 1.29 is 23.1 Å². The van der Waals surface area contributed by atoms with Crippen molar-refractivity contribution in [2.24, 2.45) is 5.41 Å². The number of carbonyl (C=O) groups is 2. The van der Waals surface area contributed by atoms with Crippen LogP contribution in [0.25, 0.3) is 0 Å². The Hall–Kier alpha value is -1.77. The molecule has 7 nitrogen and oxygen atoms in total. The lowest BCUT2D eigenvalue weighted by atomic mass is 10.1. The van der Waals surface area contributed by atoms with Crippen LogP contribution in [0.2, 0.25) is 0 Å². The zero-order chi connectivity index (χ0) is 16.7. The van der Waals surface area contributed by atoms with Gasteiger partial charge in [-0.15, -0.1) is 0 Å². The second-order valence-electron chi connectivity index (χ2n) is 6.11. The Morgan fingerprint density at radius 2 is 1.70 bits per heavy atom. The number of imide groups is 1. The molecule has 2 N–H and O–H groups in total. The van der Waals surface area contributed by atoms with Crippen LogP contribution in [0.15, 0.2) is 24.3 Å². The first-order valence-corrected chi connectivity index (χ1v) is 9.06. The minimum Gasteiger partial charge on any atom is -0.396 e. The molecule has 23 heavy (non-hydrogen) atoms. The molecule has 0 radical (unpaired) electrons. The summed E-state index contributed by atoms with van der Waals surface area (Å²) in [5.74, 6) is -1.27. The summed E-state index contributed by atoms with van der Waals surface area (Å²) in [6, 6.07) is 6.44. The molecular formula is C15H18N2O5S. The molecule has 1 aromatic rings. The Morgan fingerprint density at radius 3 is 2.17 bits per heavy atom. The molecule has 1 aliphatic carbocycles. The van der Waals surface area contributed by atoms with Crippen LogP contribution in [0.3, 0.4) is 0 Å². The van der Waals surface area contributed by atoms with E-state index < -0.39 is 21.8 Å². The smallest absolute Gasteiger partial charge is 0.261 e. The molecule has 2 amide bonds. The topological polar surface area (TPSA) is 104 Å². The number of nitrogens with one attached hydrogen (secondary N) is 1. The summed E-state index contributed by atoms with van der Waals surface area (Å²) >= 11 is 0. The van der Waals surface area contributed by atoms with Crippen LogP contribution in [0.1, 0.15) is 33.6 Å². The molecule has 1 aromatic carbocycles. The predicted molar refractivity (Wildman–Crippen MR) is 82.4 cm³/mol. The van der Waals surface area contributed by atoms with Crippen LogP contribution >= 0.6 is 0 Å². The van der Waals surface area contributed by atoms with Crippen molar-refractivity contribution in [3.63, 3.8) is 0 Å². The van der Waals surface area contributed by atoms with Crippen molar-refractivity contribution in [2.45, 2.75) is 12.8 Å². The molecule has 8 heteroatoms. The Balaban J connectivity index is 1.60. The fourth-order valence-corrected chi connectivity index (χ4v) is 3.65. The molecular weight excluding hydrogens is 320 g/mol. The normalized spacial score (nSPS) is 19.1. The highest BCUT2D eigenvalue weighted by atomic mass is 32.2. The highest BCUT2D eigenvalue weighted by Crippen LogP contribution is 2.44. The van der Waals surface area contributed by atoms with Gasteiger partial charge in [0.05, 0.1) is 16.9 Å². The standard InChI is InChI=1S/C15H18N2O5S/c18-10-15(5-6-15)9-16-23(21,22)8-7-17-13(19)11-3-1-2-4-12(11)14(17)20/h1-4,16,18H,5-10H2. The van der Waals surface area contributed by atoms with Gasteiger partial charge in [0, 0.05) is 25.1 Å². The average Bonchev–Trinajstić information content (AvgIpc) is 3.29. The maximum absolute atomic E-state index is 12.2. The molecule has 124 valence electrons. The van der Waals surface area contributed by atoms with E-state index in [1.165, 1.54) is 0 Å². The van der Waals surface area contributed by atoms with Crippen LogP contribution in [-0.4, -0.2) is 55.7 Å². The van der Waals surface area contributed by atoms with E-state index in [1.54, 1.807) is 24.3 Å².